The number of Topliss-reactive ketones (excluding diaryl/α,β-unsaturated/α-hetero) is 1. The van der Waals surface area contributed by atoms with E-state index in [1.807, 2.05) is 30.3 Å². The molecular weight excluding hydrogens is 256 g/mol. The first-order chi connectivity index (χ1) is 9.81. The molecule has 4 rings (SSSR count). The summed E-state index contributed by atoms with van der Waals surface area (Å²) in [7, 11) is 0. The first kappa shape index (κ1) is 12.5. The van der Waals surface area contributed by atoms with Gasteiger partial charge in [0.15, 0.2) is 11.6 Å². The fourth-order valence-electron chi connectivity index (χ4n) is 3.97. The monoisotopic (exact) mass is 274 g/mol. The van der Waals surface area contributed by atoms with Crippen molar-refractivity contribution >= 4 is 5.78 Å². The molecule has 1 aromatic rings. The first-order valence-electron chi connectivity index (χ1n) is 7.26. The van der Waals surface area contributed by atoms with Gasteiger partial charge in [-0.05, 0) is 6.42 Å². The summed E-state index contributed by atoms with van der Waals surface area (Å²) in [5.74, 6) is -0.212. The summed E-state index contributed by atoms with van der Waals surface area (Å²) >= 11 is 0. The number of hydrogen-bond acceptors (Lipinski definition) is 4. The Hall–Kier alpha value is -1.23. The SMILES string of the molecule is O=C(c1ccccc1)C1CC2COCC1C21OCCO1. The number of rotatable bonds is 2. The number of hydrogen-bond donors (Lipinski definition) is 0. The van der Waals surface area contributed by atoms with Gasteiger partial charge in [0.25, 0.3) is 0 Å². The molecule has 2 heterocycles. The highest BCUT2D eigenvalue weighted by atomic mass is 16.7. The zero-order valence-corrected chi connectivity index (χ0v) is 11.3. The minimum atomic E-state index is -0.562. The van der Waals surface area contributed by atoms with Gasteiger partial charge in [-0.15, -0.1) is 0 Å². The molecule has 106 valence electrons. The Labute approximate surface area is 118 Å². The van der Waals surface area contributed by atoms with Crippen molar-refractivity contribution in [1.29, 1.82) is 0 Å². The quantitative estimate of drug-likeness (QED) is 0.773. The van der Waals surface area contributed by atoms with Gasteiger partial charge >= 0.3 is 0 Å². The maximum Gasteiger partial charge on any atom is 0.179 e. The highest BCUT2D eigenvalue weighted by Crippen LogP contribution is 2.53. The maximum atomic E-state index is 12.8. The van der Waals surface area contributed by atoms with Crippen LogP contribution in [-0.4, -0.2) is 38.0 Å². The zero-order chi connectivity index (χ0) is 13.6. The third-order valence-electron chi connectivity index (χ3n) is 4.86. The second-order valence-corrected chi connectivity index (χ2v) is 5.83. The van der Waals surface area contributed by atoms with Crippen molar-refractivity contribution in [3.63, 3.8) is 0 Å². The van der Waals surface area contributed by atoms with Crippen LogP contribution in [0.5, 0.6) is 0 Å². The number of carbonyl (C=O) groups is 1. The second kappa shape index (κ2) is 4.65. The summed E-state index contributed by atoms with van der Waals surface area (Å²) < 4.78 is 17.5. The molecular formula is C16H18O4. The summed E-state index contributed by atoms with van der Waals surface area (Å²) in [6.07, 6.45) is 0.804. The van der Waals surface area contributed by atoms with E-state index in [-0.39, 0.29) is 23.5 Å². The Bertz CT molecular complexity index is 506. The van der Waals surface area contributed by atoms with Crippen LogP contribution in [0.4, 0.5) is 0 Å². The summed E-state index contributed by atoms with van der Waals surface area (Å²) in [5, 5.41) is 0. The lowest BCUT2D eigenvalue weighted by molar-refractivity contribution is -0.252. The zero-order valence-electron chi connectivity index (χ0n) is 11.3. The first-order valence-corrected chi connectivity index (χ1v) is 7.26. The number of benzene rings is 1. The molecule has 20 heavy (non-hydrogen) atoms. The van der Waals surface area contributed by atoms with E-state index in [2.05, 4.69) is 0 Å². The predicted octanol–water partition coefficient (Wildman–Crippen LogP) is 1.89. The van der Waals surface area contributed by atoms with Crippen molar-refractivity contribution in [3.05, 3.63) is 35.9 Å². The van der Waals surface area contributed by atoms with E-state index in [1.54, 1.807) is 0 Å². The van der Waals surface area contributed by atoms with Crippen LogP contribution in [0.3, 0.4) is 0 Å². The summed E-state index contributed by atoms with van der Waals surface area (Å²) in [4.78, 5) is 12.8. The van der Waals surface area contributed by atoms with Gasteiger partial charge in [-0.1, -0.05) is 30.3 Å². The maximum absolute atomic E-state index is 12.8. The van der Waals surface area contributed by atoms with Gasteiger partial charge in [0.2, 0.25) is 0 Å². The van der Waals surface area contributed by atoms with E-state index in [9.17, 15) is 4.79 Å². The van der Waals surface area contributed by atoms with Gasteiger partial charge in [-0.3, -0.25) is 4.79 Å². The lowest BCUT2D eigenvalue weighted by Crippen LogP contribution is -2.49. The topological polar surface area (TPSA) is 44.8 Å². The molecule has 3 unspecified atom stereocenters. The van der Waals surface area contributed by atoms with Gasteiger partial charge in [-0.25, -0.2) is 0 Å². The lowest BCUT2D eigenvalue weighted by atomic mass is 9.86. The summed E-state index contributed by atoms with van der Waals surface area (Å²) in [6.45, 7) is 2.44. The Morgan fingerprint density at radius 3 is 2.60 bits per heavy atom. The standard InChI is InChI=1S/C16H18O4/c17-15(11-4-2-1-3-5-11)13-8-12-9-18-10-14(13)16(12)19-6-7-20-16/h1-5,12-14H,6-10H2. The van der Waals surface area contributed by atoms with Crippen LogP contribution in [0.15, 0.2) is 30.3 Å². The Morgan fingerprint density at radius 2 is 1.85 bits per heavy atom. The van der Waals surface area contributed by atoms with Gasteiger partial charge in [0, 0.05) is 23.3 Å². The molecule has 3 aliphatic rings. The normalized spacial score (nSPS) is 34.5. The highest BCUT2D eigenvalue weighted by molar-refractivity contribution is 5.98. The third kappa shape index (κ3) is 1.68. The molecule has 4 nitrogen and oxygen atoms in total. The van der Waals surface area contributed by atoms with Crippen LogP contribution in [0.25, 0.3) is 0 Å². The van der Waals surface area contributed by atoms with Crippen molar-refractivity contribution in [2.24, 2.45) is 17.8 Å². The fourth-order valence-corrected chi connectivity index (χ4v) is 3.97. The van der Waals surface area contributed by atoms with Crippen LogP contribution >= 0.6 is 0 Å². The average Bonchev–Trinajstić information content (AvgIpc) is 3.01. The molecule has 0 amide bonds. The minimum Gasteiger partial charge on any atom is -0.380 e. The minimum absolute atomic E-state index is 0.0245. The molecule has 1 aromatic carbocycles. The van der Waals surface area contributed by atoms with Gasteiger partial charge in [0.1, 0.15) is 0 Å². The largest absolute Gasteiger partial charge is 0.380 e. The second-order valence-electron chi connectivity index (χ2n) is 5.83. The van der Waals surface area contributed by atoms with E-state index in [0.717, 1.165) is 12.0 Å². The van der Waals surface area contributed by atoms with Crippen molar-refractivity contribution in [1.82, 2.24) is 0 Å². The van der Waals surface area contributed by atoms with Crippen molar-refractivity contribution in [3.8, 4) is 0 Å². The highest BCUT2D eigenvalue weighted by Gasteiger charge is 2.62. The molecule has 3 atom stereocenters. The molecule has 0 N–H and O–H groups in total. The predicted molar refractivity (Wildman–Crippen MR) is 71.3 cm³/mol. The van der Waals surface area contributed by atoms with Crippen molar-refractivity contribution in [2.75, 3.05) is 26.4 Å². The van der Waals surface area contributed by atoms with E-state index < -0.39 is 5.79 Å². The van der Waals surface area contributed by atoms with E-state index in [4.69, 9.17) is 14.2 Å². The van der Waals surface area contributed by atoms with E-state index >= 15 is 0 Å². The van der Waals surface area contributed by atoms with Crippen LogP contribution < -0.4 is 0 Å². The van der Waals surface area contributed by atoms with Gasteiger partial charge in [-0.2, -0.15) is 0 Å². The Balaban J connectivity index is 1.65. The lowest BCUT2D eigenvalue weighted by Gasteiger charge is -2.39. The van der Waals surface area contributed by atoms with Gasteiger partial charge in [0.05, 0.1) is 26.4 Å². The molecule has 0 radical (unpaired) electrons. The molecule has 1 saturated carbocycles. The summed E-state index contributed by atoms with van der Waals surface area (Å²) in [6, 6.07) is 9.51. The van der Waals surface area contributed by atoms with E-state index in [1.165, 1.54) is 0 Å². The van der Waals surface area contributed by atoms with Crippen LogP contribution in [0, 0.1) is 17.8 Å². The Morgan fingerprint density at radius 1 is 1.10 bits per heavy atom. The van der Waals surface area contributed by atoms with Crippen LogP contribution in [0.2, 0.25) is 0 Å². The average molecular weight is 274 g/mol. The smallest absolute Gasteiger partial charge is 0.179 e. The molecule has 2 bridgehead atoms. The molecule has 0 aromatic heterocycles. The third-order valence-corrected chi connectivity index (χ3v) is 4.86. The van der Waals surface area contributed by atoms with Crippen LogP contribution in [0.1, 0.15) is 16.8 Å². The van der Waals surface area contributed by atoms with Crippen LogP contribution in [-0.2, 0) is 14.2 Å². The molecule has 2 saturated heterocycles. The molecule has 1 aliphatic carbocycles. The molecule has 3 fully saturated rings. The Kier molecular flexibility index (Phi) is 2.91. The van der Waals surface area contributed by atoms with Crippen molar-refractivity contribution < 1.29 is 19.0 Å². The van der Waals surface area contributed by atoms with Crippen molar-refractivity contribution in [2.45, 2.75) is 12.2 Å². The number of ketones is 1. The van der Waals surface area contributed by atoms with E-state index in [0.29, 0.717) is 26.4 Å². The summed E-state index contributed by atoms with van der Waals surface area (Å²) in [5.41, 5.74) is 0.776. The molecule has 1 spiro atoms. The number of ether oxygens (including phenoxy) is 3. The molecule has 2 aliphatic heterocycles. The molecule has 4 heteroatoms. The number of carbonyl (C=O) groups excluding carboxylic acids is 1. The fraction of sp³-hybridized carbons (Fsp3) is 0.562. The van der Waals surface area contributed by atoms with Gasteiger partial charge < -0.3 is 14.2 Å².